The number of hydrogen-bond donors (Lipinski definition) is 15. The largest absolute Gasteiger partial charge is 0.480 e. The summed E-state index contributed by atoms with van der Waals surface area (Å²) in [5.41, 5.74) is 10.9. The minimum atomic E-state index is -1.67. The van der Waals surface area contributed by atoms with Crippen molar-refractivity contribution in [1.82, 2.24) is 31.5 Å². The normalized spacial score (nSPS) is 21.0. The molecule has 430 valence electrons. The zero-order valence-electron chi connectivity index (χ0n) is 42.5. The van der Waals surface area contributed by atoms with E-state index in [9.17, 15) is 54.6 Å². The van der Waals surface area contributed by atoms with Gasteiger partial charge in [0.2, 0.25) is 29.2 Å². The van der Waals surface area contributed by atoms with Gasteiger partial charge in [0.1, 0.15) is 43.7 Å². The molecule has 2 aliphatic rings. The third kappa shape index (κ3) is 26.7. The van der Waals surface area contributed by atoms with E-state index >= 15 is 0 Å². The Morgan fingerprint density at radius 2 is 1.00 bits per heavy atom. The van der Waals surface area contributed by atoms with Gasteiger partial charge in [-0.2, -0.15) is 0 Å². The molecule has 0 bridgehead atoms. The Hall–Kier alpha value is -5.55. The summed E-state index contributed by atoms with van der Waals surface area (Å²) in [4.78, 5) is 62.5. The van der Waals surface area contributed by atoms with Crippen molar-refractivity contribution in [3.63, 3.8) is 0 Å². The zero-order chi connectivity index (χ0) is 55.7. The van der Waals surface area contributed by atoms with Crippen LogP contribution in [0.5, 0.6) is 0 Å². The number of carbonyl (C=O) groups excluding carboxylic acids is 3. The zero-order valence-corrected chi connectivity index (χ0v) is 42.5. The van der Waals surface area contributed by atoms with Gasteiger partial charge >= 0.3 is 11.9 Å². The van der Waals surface area contributed by atoms with Gasteiger partial charge in [-0.3, -0.25) is 25.2 Å². The Balaban J connectivity index is 1.47. The van der Waals surface area contributed by atoms with E-state index in [1.165, 1.54) is 13.0 Å². The van der Waals surface area contributed by atoms with Gasteiger partial charge in [-0.25, -0.2) is 9.59 Å². The molecule has 0 aromatic heterocycles. The minimum Gasteiger partial charge on any atom is -0.480 e. The van der Waals surface area contributed by atoms with Crippen LogP contribution in [0.25, 0.3) is 0 Å². The van der Waals surface area contributed by atoms with Crippen molar-refractivity contribution in [2.24, 2.45) is 17.4 Å². The highest BCUT2D eigenvalue weighted by Gasteiger charge is 2.46. The number of aliphatic hydroxyl groups excluding tert-OH is 4. The molecule has 3 amide bonds. The van der Waals surface area contributed by atoms with Crippen LogP contribution in [0.15, 0.2) is 23.7 Å². The van der Waals surface area contributed by atoms with Crippen molar-refractivity contribution in [2.75, 3.05) is 139 Å². The summed E-state index contributed by atoms with van der Waals surface area (Å²) in [6.07, 6.45) is -6.25. The molecule has 2 rings (SSSR count). The minimum absolute atomic E-state index is 0.0895. The molecule has 31 nitrogen and oxygen atoms in total. The first-order chi connectivity index (χ1) is 35.8. The van der Waals surface area contributed by atoms with Crippen LogP contribution in [-0.4, -0.2) is 271 Å². The van der Waals surface area contributed by atoms with Crippen LogP contribution in [0, 0.1) is 16.7 Å². The van der Waals surface area contributed by atoms with E-state index in [1.807, 2.05) is 11.9 Å². The number of nitrogens with two attached hydrogens (primary N) is 2. The summed E-state index contributed by atoms with van der Waals surface area (Å²) in [6.45, 7) is 5.37. The standard InChI is InChI=1S/C44H78N10O21/c1-26-28(52-43(45)46)20-32(41(62)63)74-37(26)38(30(58)22-55)72-24-34(60)49-4-8-66-12-16-70-18-14-68-10-6-54(3)7-11-69-15-19-71-17-13-67-9-5-50-35(61)25-73-39(31(59)23-56)40-36(51-27(2)57)29(53-44(47)48)21-33(75-40)42(64)65/h20-21,26,28-31,36-40,55-56,58-59H,4-19,22-25H2,1-3H3,(H,49,60)(H,50,61)(H,51,57)(H,62,63)(H,64,65)(H4,45,46,52)(H4,47,48,53)/t26-,28+,29+,30-,31-,36-,37-,38-,39-,40-/m1/s1. The molecule has 10 atom stereocenters. The summed E-state index contributed by atoms with van der Waals surface area (Å²) < 4.78 is 55.4. The predicted octanol–water partition coefficient (Wildman–Crippen LogP) is -6.69. The number of aliphatic hydroxyl groups is 4. The maximum absolute atomic E-state index is 12.5. The molecule has 0 aliphatic carbocycles. The van der Waals surface area contributed by atoms with Crippen molar-refractivity contribution >= 4 is 41.6 Å². The van der Waals surface area contributed by atoms with Crippen LogP contribution in [0.4, 0.5) is 0 Å². The van der Waals surface area contributed by atoms with Crippen LogP contribution in [0.1, 0.15) is 13.8 Å². The average molecular weight is 1080 g/mol. The smallest absolute Gasteiger partial charge is 0.370 e. The Morgan fingerprint density at radius 3 is 1.40 bits per heavy atom. The third-order valence-electron chi connectivity index (χ3n) is 10.9. The molecule has 0 fully saturated rings. The fourth-order valence-electron chi connectivity index (χ4n) is 7.16. The van der Waals surface area contributed by atoms with Crippen LogP contribution < -0.4 is 38.1 Å². The van der Waals surface area contributed by atoms with Crippen molar-refractivity contribution in [3.05, 3.63) is 23.7 Å². The maximum Gasteiger partial charge on any atom is 0.370 e. The van der Waals surface area contributed by atoms with Gasteiger partial charge in [-0.1, -0.05) is 6.92 Å². The summed E-state index contributed by atoms with van der Waals surface area (Å²) in [5.74, 6) is -7.27. The lowest BCUT2D eigenvalue weighted by Gasteiger charge is -2.41. The Kier molecular flexibility index (Phi) is 32.6. The average Bonchev–Trinajstić information content (AvgIpc) is 3.35. The van der Waals surface area contributed by atoms with E-state index in [0.29, 0.717) is 59.3 Å². The Morgan fingerprint density at radius 1 is 0.627 bits per heavy atom. The number of ether oxygens (including phenoxy) is 10. The number of carboxylic acid groups (broad SMARTS) is 2. The molecule has 0 unspecified atom stereocenters. The van der Waals surface area contributed by atoms with E-state index in [1.54, 1.807) is 6.92 Å². The molecule has 0 spiro atoms. The monoisotopic (exact) mass is 1080 g/mol. The van der Waals surface area contributed by atoms with Crippen molar-refractivity contribution in [2.45, 2.75) is 68.6 Å². The highest BCUT2D eigenvalue weighted by atomic mass is 16.6. The second-order valence-corrected chi connectivity index (χ2v) is 16.8. The van der Waals surface area contributed by atoms with Crippen molar-refractivity contribution < 1.29 is 102 Å². The van der Waals surface area contributed by atoms with Gasteiger partial charge in [0, 0.05) is 39.0 Å². The van der Waals surface area contributed by atoms with Crippen molar-refractivity contribution in [3.8, 4) is 0 Å². The van der Waals surface area contributed by atoms with Gasteiger partial charge in [-0.15, -0.1) is 0 Å². The second kappa shape index (κ2) is 37.2. The molecule has 31 heteroatoms. The first-order valence-corrected chi connectivity index (χ1v) is 24.0. The number of aliphatic carboxylic acids is 2. The molecule has 2 aliphatic heterocycles. The number of hydrogen-bond acceptors (Lipinski definition) is 22. The molecular weight excluding hydrogens is 1000 g/mol. The summed E-state index contributed by atoms with van der Waals surface area (Å²) >= 11 is 0. The highest BCUT2D eigenvalue weighted by molar-refractivity contribution is 5.86. The fourth-order valence-corrected chi connectivity index (χ4v) is 7.16. The number of likely N-dealkylation sites (N-methyl/N-ethyl adjacent to an activating group) is 1. The molecule has 0 aromatic rings. The summed E-state index contributed by atoms with van der Waals surface area (Å²) in [6, 6.07) is -3.00. The molecule has 75 heavy (non-hydrogen) atoms. The number of rotatable bonds is 41. The lowest BCUT2D eigenvalue weighted by atomic mass is 9.87. The van der Waals surface area contributed by atoms with Gasteiger partial charge in [-0.05, 0) is 19.2 Å². The maximum atomic E-state index is 12.5. The van der Waals surface area contributed by atoms with Crippen LogP contribution in [-0.2, 0) is 71.3 Å². The van der Waals surface area contributed by atoms with E-state index in [-0.39, 0.29) is 46.1 Å². The molecule has 2 heterocycles. The van der Waals surface area contributed by atoms with Crippen LogP contribution in [0.3, 0.4) is 0 Å². The number of nitrogens with one attached hydrogen (secondary N) is 7. The molecule has 0 aromatic carbocycles. The van der Waals surface area contributed by atoms with E-state index < -0.39 is 140 Å². The third-order valence-corrected chi connectivity index (χ3v) is 10.9. The summed E-state index contributed by atoms with van der Waals surface area (Å²) in [5, 5.41) is 87.3. The lowest BCUT2D eigenvalue weighted by Crippen LogP contribution is -2.64. The van der Waals surface area contributed by atoms with Gasteiger partial charge in [0.25, 0.3) is 0 Å². The fraction of sp³-hybridized carbons (Fsp3) is 0.750. The van der Waals surface area contributed by atoms with Gasteiger partial charge in [0.05, 0.1) is 111 Å². The highest BCUT2D eigenvalue weighted by Crippen LogP contribution is 2.29. The van der Waals surface area contributed by atoms with Gasteiger partial charge < -0.3 is 121 Å². The molecule has 0 saturated carbocycles. The number of guanidine groups is 2. The molecule has 0 saturated heterocycles. The van der Waals surface area contributed by atoms with E-state index in [4.69, 9.17) is 69.7 Å². The molecule has 0 radical (unpaired) electrons. The van der Waals surface area contributed by atoms with Gasteiger partial charge in [0.15, 0.2) is 18.0 Å². The lowest BCUT2D eigenvalue weighted by molar-refractivity contribution is -0.161. The number of carboxylic acids is 2. The number of amides is 3. The number of nitrogens with zero attached hydrogens (tertiary/aromatic N) is 1. The quantitative estimate of drug-likeness (QED) is 0.0154. The summed E-state index contributed by atoms with van der Waals surface area (Å²) in [7, 11) is 1.93. The topological polar surface area (TPSA) is 462 Å². The Labute approximate surface area is 433 Å². The molecular formula is C44H78N10O21. The van der Waals surface area contributed by atoms with Crippen molar-refractivity contribution in [1.29, 1.82) is 10.8 Å². The second-order valence-electron chi connectivity index (χ2n) is 16.8. The van der Waals surface area contributed by atoms with Crippen LogP contribution >= 0.6 is 0 Å². The predicted molar refractivity (Wildman–Crippen MR) is 260 cm³/mol. The SMILES string of the molecule is CC(=O)N[C@H]1[C@H]([C@H](OCC(=O)NCCOCCOCCOCCN(C)CCOCCOCCOCCNC(=O)CO[C@@H]([C@@H]2OC(C(=O)O)=C[C@H](NC(=N)N)[C@H]2C)[C@H](O)CO)[C@H](O)CO)OC(C(=O)O)=C[C@@H]1NC(=N)N. The van der Waals surface area contributed by atoms with Crippen LogP contribution in [0.2, 0.25) is 0 Å². The molecule has 17 N–H and O–H groups in total. The number of carbonyl (C=O) groups is 5. The first-order valence-electron chi connectivity index (χ1n) is 24.0. The first kappa shape index (κ1) is 65.6. The Bertz CT molecular complexity index is 1820. The van der Waals surface area contributed by atoms with E-state index in [2.05, 4.69) is 26.6 Å². The van der Waals surface area contributed by atoms with E-state index in [0.717, 1.165) is 6.08 Å².